The first-order valence-electron chi connectivity index (χ1n) is 9.05. The van der Waals surface area contributed by atoms with Crippen molar-refractivity contribution in [3.05, 3.63) is 59.7 Å². The normalized spacial score (nSPS) is 13.0. The molecular formula is C20H26N2O5S2. The maximum Gasteiger partial charge on any atom is 0.241 e. The van der Waals surface area contributed by atoms with E-state index in [1.807, 2.05) is 19.9 Å². The predicted octanol–water partition coefficient (Wildman–Crippen LogP) is 2.43. The van der Waals surface area contributed by atoms with Crippen molar-refractivity contribution in [1.82, 2.24) is 5.32 Å². The molecule has 0 heterocycles. The van der Waals surface area contributed by atoms with Gasteiger partial charge in [-0.1, -0.05) is 31.2 Å². The first-order valence-corrected chi connectivity index (χ1v) is 12.8. The van der Waals surface area contributed by atoms with Crippen LogP contribution in [0.1, 0.15) is 30.5 Å². The zero-order valence-corrected chi connectivity index (χ0v) is 18.5. The molecule has 0 aliphatic carbocycles. The van der Waals surface area contributed by atoms with Crippen molar-refractivity contribution < 1.29 is 21.6 Å². The first kappa shape index (κ1) is 22.9. The number of hydrogen-bond donors (Lipinski definition) is 1. The number of aryl methyl sites for hydroxylation is 1. The van der Waals surface area contributed by atoms with Crippen molar-refractivity contribution in [3.63, 3.8) is 0 Å². The van der Waals surface area contributed by atoms with E-state index in [1.165, 1.54) is 12.1 Å². The Morgan fingerprint density at radius 3 is 2.14 bits per heavy atom. The number of benzene rings is 2. The molecule has 0 fully saturated rings. The number of amides is 1. The minimum atomic E-state index is -3.65. The van der Waals surface area contributed by atoms with Gasteiger partial charge in [0, 0.05) is 6.26 Å². The molecule has 1 N–H and O–H groups in total. The van der Waals surface area contributed by atoms with Gasteiger partial charge in [0.1, 0.15) is 6.54 Å². The van der Waals surface area contributed by atoms with Gasteiger partial charge in [-0.25, -0.2) is 16.8 Å². The molecule has 0 aromatic heterocycles. The van der Waals surface area contributed by atoms with Gasteiger partial charge in [0.05, 0.1) is 22.9 Å². The van der Waals surface area contributed by atoms with Gasteiger partial charge in [0.15, 0.2) is 9.84 Å². The van der Waals surface area contributed by atoms with E-state index in [4.69, 9.17) is 0 Å². The second kappa shape index (κ2) is 8.96. The second-order valence-corrected chi connectivity index (χ2v) is 10.9. The Balaban J connectivity index is 2.19. The summed E-state index contributed by atoms with van der Waals surface area (Å²) in [4.78, 5) is 12.8. The molecule has 0 aliphatic rings. The lowest BCUT2D eigenvalue weighted by molar-refractivity contribution is -0.120. The number of nitrogens with one attached hydrogen (secondary N) is 1. The van der Waals surface area contributed by atoms with E-state index in [0.717, 1.165) is 27.9 Å². The summed E-state index contributed by atoms with van der Waals surface area (Å²) in [6.45, 7) is 3.38. The summed E-state index contributed by atoms with van der Waals surface area (Å²) in [7, 11) is -6.96. The molecule has 158 valence electrons. The van der Waals surface area contributed by atoms with Crippen molar-refractivity contribution in [2.45, 2.75) is 31.2 Å². The SMILES string of the molecule is CCC(NC(=O)CN(c1cccc(C)c1)S(C)(=O)=O)c1ccc(S(C)(=O)=O)cc1. The Bertz CT molecular complexity index is 1080. The topological polar surface area (TPSA) is 101 Å². The standard InChI is InChI=1S/C20H26N2O5S2/c1-5-19(16-9-11-18(12-10-16)28(3,24)25)21-20(23)14-22(29(4,26)27)17-8-6-7-15(2)13-17/h6-13,19H,5,14H2,1-4H3,(H,21,23). The van der Waals surface area contributed by atoms with Crippen LogP contribution < -0.4 is 9.62 Å². The molecule has 2 aromatic rings. The Morgan fingerprint density at radius 1 is 1.03 bits per heavy atom. The van der Waals surface area contributed by atoms with Crippen LogP contribution in [0.3, 0.4) is 0 Å². The summed E-state index contributed by atoms with van der Waals surface area (Å²) >= 11 is 0. The van der Waals surface area contributed by atoms with Gasteiger partial charge in [-0.05, 0) is 48.7 Å². The minimum absolute atomic E-state index is 0.199. The number of carbonyl (C=O) groups excluding carboxylic acids is 1. The van der Waals surface area contributed by atoms with Gasteiger partial charge in [-0.2, -0.15) is 0 Å². The smallest absolute Gasteiger partial charge is 0.241 e. The summed E-state index contributed by atoms with van der Waals surface area (Å²) in [5.74, 6) is -0.448. The molecule has 0 aliphatic heterocycles. The highest BCUT2D eigenvalue weighted by atomic mass is 32.2. The fourth-order valence-electron chi connectivity index (χ4n) is 2.92. The molecule has 2 rings (SSSR count). The number of rotatable bonds is 8. The van der Waals surface area contributed by atoms with Crippen molar-refractivity contribution in [1.29, 1.82) is 0 Å². The number of hydrogen-bond acceptors (Lipinski definition) is 5. The average molecular weight is 439 g/mol. The summed E-state index contributed by atoms with van der Waals surface area (Å²) in [6, 6.07) is 12.9. The van der Waals surface area contributed by atoms with Gasteiger partial charge in [-0.3, -0.25) is 9.10 Å². The van der Waals surface area contributed by atoms with Crippen LogP contribution in [-0.2, 0) is 24.7 Å². The molecule has 1 amide bonds. The van der Waals surface area contributed by atoms with Crippen LogP contribution in [0.5, 0.6) is 0 Å². The van der Waals surface area contributed by atoms with Crippen molar-refractivity contribution in [2.24, 2.45) is 0 Å². The Kier molecular flexibility index (Phi) is 7.07. The third-order valence-electron chi connectivity index (χ3n) is 4.43. The number of sulfonamides is 1. The number of anilines is 1. The third-order valence-corrected chi connectivity index (χ3v) is 6.70. The molecule has 0 bridgehead atoms. The number of nitrogens with zero attached hydrogens (tertiary/aromatic N) is 1. The van der Waals surface area contributed by atoms with E-state index in [2.05, 4.69) is 5.32 Å². The van der Waals surface area contributed by atoms with Crippen LogP contribution in [0.25, 0.3) is 0 Å². The molecule has 0 spiro atoms. The molecule has 0 saturated carbocycles. The van der Waals surface area contributed by atoms with Gasteiger partial charge in [-0.15, -0.1) is 0 Å². The highest BCUT2D eigenvalue weighted by Crippen LogP contribution is 2.21. The molecule has 1 atom stereocenters. The fourth-order valence-corrected chi connectivity index (χ4v) is 4.40. The summed E-state index contributed by atoms with van der Waals surface area (Å²) in [5.41, 5.74) is 2.05. The van der Waals surface area contributed by atoms with Crippen LogP contribution >= 0.6 is 0 Å². The second-order valence-electron chi connectivity index (χ2n) is 6.98. The Morgan fingerprint density at radius 2 is 1.66 bits per heavy atom. The summed E-state index contributed by atoms with van der Waals surface area (Å²) in [6.07, 6.45) is 2.75. The maximum absolute atomic E-state index is 12.6. The molecular weight excluding hydrogens is 412 g/mol. The third kappa shape index (κ3) is 6.30. The fraction of sp³-hybridized carbons (Fsp3) is 0.350. The van der Waals surface area contributed by atoms with Crippen LogP contribution in [-0.4, -0.2) is 41.8 Å². The number of carbonyl (C=O) groups is 1. The van der Waals surface area contributed by atoms with Crippen molar-refractivity contribution >= 4 is 31.5 Å². The lowest BCUT2D eigenvalue weighted by Crippen LogP contribution is -2.41. The van der Waals surface area contributed by atoms with Gasteiger partial charge in [0.2, 0.25) is 15.9 Å². The molecule has 0 radical (unpaired) electrons. The zero-order chi connectivity index (χ0) is 21.8. The maximum atomic E-state index is 12.6. The molecule has 29 heavy (non-hydrogen) atoms. The van der Waals surface area contributed by atoms with Gasteiger partial charge >= 0.3 is 0 Å². The van der Waals surface area contributed by atoms with E-state index in [-0.39, 0.29) is 17.5 Å². The molecule has 1 unspecified atom stereocenters. The molecule has 0 saturated heterocycles. The van der Waals surface area contributed by atoms with Gasteiger partial charge in [0.25, 0.3) is 0 Å². The predicted molar refractivity (Wildman–Crippen MR) is 114 cm³/mol. The van der Waals surface area contributed by atoms with Crippen LogP contribution in [0.4, 0.5) is 5.69 Å². The van der Waals surface area contributed by atoms with Crippen molar-refractivity contribution in [3.8, 4) is 0 Å². The van der Waals surface area contributed by atoms with Crippen LogP contribution in [0, 0.1) is 6.92 Å². The van der Waals surface area contributed by atoms with Crippen molar-refractivity contribution in [2.75, 3.05) is 23.4 Å². The van der Waals surface area contributed by atoms with E-state index >= 15 is 0 Å². The molecule has 2 aromatic carbocycles. The summed E-state index contributed by atoms with van der Waals surface area (Å²) in [5, 5.41) is 2.83. The van der Waals surface area contributed by atoms with E-state index in [9.17, 15) is 21.6 Å². The lowest BCUT2D eigenvalue weighted by Gasteiger charge is -2.24. The quantitative estimate of drug-likeness (QED) is 0.682. The van der Waals surface area contributed by atoms with Crippen LogP contribution in [0.15, 0.2) is 53.4 Å². The van der Waals surface area contributed by atoms with E-state index < -0.39 is 25.8 Å². The Hall–Kier alpha value is -2.39. The lowest BCUT2D eigenvalue weighted by atomic mass is 10.0. The van der Waals surface area contributed by atoms with Gasteiger partial charge < -0.3 is 5.32 Å². The summed E-state index contributed by atoms with van der Waals surface area (Å²) < 4.78 is 48.7. The Labute approximate surface area is 172 Å². The highest BCUT2D eigenvalue weighted by molar-refractivity contribution is 7.92. The van der Waals surface area contributed by atoms with Crippen LogP contribution in [0.2, 0.25) is 0 Å². The van der Waals surface area contributed by atoms with E-state index in [1.54, 1.807) is 30.3 Å². The zero-order valence-electron chi connectivity index (χ0n) is 16.9. The largest absolute Gasteiger partial charge is 0.348 e. The van der Waals surface area contributed by atoms with E-state index in [0.29, 0.717) is 12.1 Å². The monoisotopic (exact) mass is 438 g/mol. The minimum Gasteiger partial charge on any atom is -0.348 e. The molecule has 7 nitrogen and oxygen atoms in total. The average Bonchev–Trinajstić information content (AvgIpc) is 2.62. The first-order chi connectivity index (χ1) is 13.4. The highest BCUT2D eigenvalue weighted by Gasteiger charge is 2.22. The number of sulfone groups is 1. The molecule has 9 heteroatoms.